The van der Waals surface area contributed by atoms with Crippen molar-refractivity contribution in [2.75, 3.05) is 7.05 Å². The van der Waals surface area contributed by atoms with Crippen LogP contribution in [0.15, 0.2) is 28.7 Å². The van der Waals surface area contributed by atoms with Crippen LogP contribution in [0.3, 0.4) is 0 Å². The van der Waals surface area contributed by atoms with Crippen molar-refractivity contribution in [1.29, 1.82) is 0 Å². The van der Waals surface area contributed by atoms with Gasteiger partial charge in [0.25, 0.3) is 0 Å². The molecule has 0 spiro atoms. The van der Waals surface area contributed by atoms with Crippen molar-refractivity contribution in [3.05, 3.63) is 40.7 Å². The van der Waals surface area contributed by atoms with E-state index in [4.69, 9.17) is 21.0 Å². The smallest absolute Gasteiger partial charge is 0.226 e. The molecule has 122 valence electrons. The number of hydrogen-bond donors (Lipinski definition) is 0. The van der Waals surface area contributed by atoms with E-state index in [-0.39, 0.29) is 0 Å². The molecule has 2 aromatic rings. The van der Waals surface area contributed by atoms with Gasteiger partial charge in [-0.15, -0.1) is 0 Å². The van der Waals surface area contributed by atoms with E-state index >= 15 is 0 Å². The summed E-state index contributed by atoms with van der Waals surface area (Å²) < 4.78 is 5.89. The lowest BCUT2D eigenvalue weighted by Gasteiger charge is -2.27. The van der Waals surface area contributed by atoms with Gasteiger partial charge in [0.1, 0.15) is 5.76 Å². The normalized spacial score (nSPS) is 18.1. The minimum atomic E-state index is 0.692. The molecule has 0 atom stereocenters. The average molecular weight is 331 g/mol. The summed E-state index contributed by atoms with van der Waals surface area (Å²) in [6, 6.07) is 8.40. The zero-order valence-electron chi connectivity index (χ0n) is 13.8. The Morgan fingerprint density at radius 3 is 2.35 bits per heavy atom. The summed E-state index contributed by atoms with van der Waals surface area (Å²) in [5.74, 6) is 3.44. The van der Waals surface area contributed by atoms with E-state index < -0.39 is 0 Å². The molecule has 0 amide bonds. The number of rotatable bonds is 6. The lowest BCUT2D eigenvalue weighted by Crippen LogP contribution is -2.35. The first kappa shape index (κ1) is 15.2. The Bertz CT molecular complexity index is 674. The zero-order valence-corrected chi connectivity index (χ0v) is 14.5. The molecule has 0 unspecified atom stereocenters. The molecule has 0 N–H and O–H groups in total. The SMILES string of the molecule is Cc1oc(-c2ccc(Cl)cc2)nc1CN(C)C(C1CC1)C1CC1. The number of halogens is 1. The van der Waals surface area contributed by atoms with Gasteiger partial charge in [0.05, 0.1) is 5.69 Å². The summed E-state index contributed by atoms with van der Waals surface area (Å²) in [5, 5.41) is 0.730. The van der Waals surface area contributed by atoms with Gasteiger partial charge in [0.2, 0.25) is 5.89 Å². The molecule has 0 bridgehead atoms. The molecular formula is C19H23ClN2O. The molecule has 2 aliphatic rings. The molecule has 1 heterocycles. The molecule has 4 heteroatoms. The first-order chi connectivity index (χ1) is 11.1. The first-order valence-electron chi connectivity index (χ1n) is 8.54. The first-order valence-corrected chi connectivity index (χ1v) is 8.92. The topological polar surface area (TPSA) is 29.3 Å². The maximum Gasteiger partial charge on any atom is 0.226 e. The predicted octanol–water partition coefficient (Wildman–Crippen LogP) is 4.92. The third-order valence-corrected chi connectivity index (χ3v) is 5.35. The van der Waals surface area contributed by atoms with Crippen molar-refractivity contribution in [3.63, 3.8) is 0 Å². The predicted molar refractivity (Wildman–Crippen MR) is 92.4 cm³/mol. The van der Waals surface area contributed by atoms with Gasteiger partial charge in [0.15, 0.2) is 0 Å². The molecule has 3 nitrogen and oxygen atoms in total. The summed E-state index contributed by atoms with van der Waals surface area (Å²) in [7, 11) is 2.25. The monoisotopic (exact) mass is 330 g/mol. The average Bonchev–Trinajstić information content (AvgIpc) is 3.43. The van der Waals surface area contributed by atoms with Crippen molar-refractivity contribution >= 4 is 11.6 Å². The minimum Gasteiger partial charge on any atom is -0.441 e. The van der Waals surface area contributed by atoms with Crippen LogP contribution in [-0.4, -0.2) is 23.0 Å². The van der Waals surface area contributed by atoms with E-state index in [0.717, 1.165) is 46.5 Å². The molecule has 0 aliphatic heterocycles. The second kappa shape index (κ2) is 5.95. The van der Waals surface area contributed by atoms with E-state index in [1.807, 2.05) is 31.2 Å². The van der Waals surface area contributed by atoms with Gasteiger partial charge in [-0.05, 0) is 75.8 Å². The minimum absolute atomic E-state index is 0.692. The van der Waals surface area contributed by atoms with Crippen LogP contribution >= 0.6 is 11.6 Å². The highest BCUT2D eigenvalue weighted by Crippen LogP contribution is 2.47. The van der Waals surface area contributed by atoms with E-state index in [1.165, 1.54) is 25.7 Å². The van der Waals surface area contributed by atoms with Crippen LogP contribution in [0.5, 0.6) is 0 Å². The Kier molecular flexibility index (Phi) is 3.94. The van der Waals surface area contributed by atoms with Crippen LogP contribution in [0.4, 0.5) is 0 Å². The maximum absolute atomic E-state index is 5.95. The van der Waals surface area contributed by atoms with Crippen LogP contribution in [0, 0.1) is 18.8 Å². The van der Waals surface area contributed by atoms with Gasteiger partial charge in [0, 0.05) is 23.2 Å². The van der Waals surface area contributed by atoms with E-state index in [2.05, 4.69) is 11.9 Å². The third-order valence-electron chi connectivity index (χ3n) is 5.10. The fourth-order valence-corrected chi connectivity index (χ4v) is 3.74. The van der Waals surface area contributed by atoms with Crippen molar-refractivity contribution in [2.24, 2.45) is 11.8 Å². The molecule has 2 saturated carbocycles. The highest BCUT2D eigenvalue weighted by Gasteiger charge is 2.43. The number of aromatic nitrogens is 1. The zero-order chi connectivity index (χ0) is 16.0. The van der Waals surface area contributed by atoms with Gasteiger partial charge < -0.3 is 4.42 Å². The maximum atomic E-state index is 5.95. The van der Waals surface area contributed by atoms with Crippen LogP contribution in [0.25, 0.3) is 11.5 Å². The molecule has 0 radical (unpaired) electrons. The molecule has 4 rings (SSSR count). The fourth-order valence-electron chi connectivity index (χ4n) is 3.61. The summed E-state index contributed by atoms with van der Waals surface area (Å²) in [6.07, 6.45) is 5.61. The summed E-state index contributed by atoms with van der Waals surface area (Å²) >= 11 is 5.95. The molecule has 2 fully saturated rings. The lowest BCUT2D eigenvalue weighted by molar-refractivity contribution is 0.184. The second-order valence-corrected chi connectivity index (χ2v) is 7.55. The van der Waals surface area contributed by atoms with Gasteiger partial charge in [-0.1, -0.05) is 11.6 Å². The van der Waals surface area contributed by atoms with Crippen LogP contribution in [0.2, 0.25) is 5.02 Å². The molecule has 23 heavy (non-hydrogen) atoms. The Morgan fingerprint density at radius 2 is 1.78 bits per heavy atom. The van der Waals surface area contributed by atoms with Crippen molar-refractivity contribution in [1.82, 2.24) is 9.88 Å². The number of aryl methyl sites for hydroxylation is 1. The Balaban J connectivity index is 1.51. The highest BCUT2D eigenvalue weighted by atomic mass is 35.5. The lowest BCUT2D eigenvalue weighted by atomic mass is 10.1. The number of nitrogens with zero attached hydrogens (tertiary/aromatic N) is 2. The molecular weight excluding hydrogens is 308 g/mol. The summed E-state index contributed by atoms with van der Waals surface area (Å²) in [4.78, 5) is 7.25. The fraction of sp³-hybridized carbons (Fsp3) is 0.526. The number of hydrogen-bond acceptors (Lipinski definition) is 3. The van der Waals surface area contributed by atoms with Crippen LogP contribution in [-0.2, 0) is 6.54 Å². The summed E-state index contributed by atoms with van der Waals surface area (Å²) in [6.45, 7) is 2.89. The Labute approximate surface area is 142 Å². The van der Waals surface area contributed by atoms with Gasteiger partial charge in [-0.25, -0.2) is 4.98 Å². The molecule has 1 aromatic heterocycles. The number of oxazole rings is 1. The van der Waals surface area contributed by atoms with Gasteiger partial charge >= 0.3 is 0 Å². The quantitative estimate of drug-likeness (QED) is 0.752. The molecule has 0 saturated heterocycles. The van der Waals surface area contributed by atoms with Crippen LogP contribution < -0.4 is 0 Å². The molecule has 2 aliphatic carbocycles. The highest BCUT2D eigenvalue weighted by molar-refractivity contribution is 6.30. The van der Waals surface area contributed by atoms with E-state index in [9.17, 15) is 0 Å². The van der Waals surface area contributed by atoms with E-state index in [0.29, 0.717) is 5.89 Å². The van der Waals surface area contributed by atoms with Crippen molar-refractivity contribution in [2.45, 2.75) is 45.2 Å². The second-order valence-electron chi connectivity index (χ2n) is 7.11. The standard InChI is InChI=1S/C19H23ClN2O/c1-12-17(11-22(2)18(13-3-4-13)14-5-6-14)21-19(23-12)15-7-9-16(20)10-8-15/h7-10,13-14,18H,3-6,11H2,1-2H3. The third kappa shape index (κ3) is 3.31. The Morgan fingerprint density at radius 1 is 1.17 bits per heavy atom. The van der Waals surface area contributed by atoms with Gasteiger partial charge in [-0.3, -0.25) is 4.90 Å². The van der Waals surface area contributed by atoms with Gasteiger partial charge in [-0.2, -0.15) is 0 Å². The largest absolute Gasteiger partial charge is 0.441 e. The Hall–Kier alpha value is -1.32. The van der Waals surface area contributed by atoms with Crippen molar-refractivity contribution < 1.29 is 4.42 Å². The van der Waals surface area contributed by atoms with Crippen LogP contribution in [0.1, 0.15) is 37.1 Å². The molecule has 1 aromatic carbocycles. The van der Waals surface area contributed by atoms with Crippen molar-refractivity contribution in [3.8, 4) is 11.5 Å². The van der Waals surface area contributed by atoms with E-state index in [1.54, 1.807) is 0 Å². The number of benzene rings is 1. The summed E-state index contributed by atoms with van der Waals surface area (Å²) in [5.41, 5.74) is 2.04.